The molecule has 1 heteroatoms. The summed E-state index contributed by atoms with van der Waals surface area (Å²) in [6.07, 6.45) is 2.36. The Hall–Kier alpha value is -0.980. The fraction of sp³-hybridized carbons (Fsp3) is 0.600. The molecule has 16 heavy (non-hydrogen) atoms. The smallest absolute Gasteiger partial charge is 0.115 e. The highest BCUT2D eigenvalue weighted by Crippen LogP contribution is 2.27. The minimum Gasteiger partial charge on any atom is -0.508 e. The van der Waals surface area contributed by atoms with Gasteiger partial charge in [0.1, 0.15) is 5.75 Å². The van der Waals surface area contributed by atoms with Crippen LogP contribution in [0.5, 0.6) is 5.75 Å². The lowest BCUT2D eigenvalue weighted by Gasteiger charge is -2.26. The SMILES string of the molecule is CCC(C)C(Cc1ccc(O)cc1)C(C)C. The van der Waals surface area contributed by atoms with Crippen molar-refractivity contribution < 1.29 is 5.11 Å². The zero-order valence-electron chi connectivity index (χ0n) is 10.9. The molecule has 1 nitrogen and oxygen atoms in total. The average molecular weight is 220 g/mol. The van der Waals surface area contributed by atoms with Crippen LogP contribution in [0.15, 0.2) is 24.3 Å². The molecular weight excluding hydrogens is 196 g/mol. The summed E-state index contributed by atoms with van der Waals surface area (Å²) in [5.41, 5.74) is 1.33. The molecule has 2 unspecified atom stereocenters. The summed E-state index contributed by atoms with van der Waals surface area (Å²) in [6.45, 7) is 9.20. The third-order valence-electron chi connectivity index (χ3n) is 3.64. The van der Waals surface area contributed by atoms with Crippen molar-refractivity contribution in [3.8, 4) is 5.75 Å². The molecule has 0 saturated heterocycles. The van der Waals surface area contributed by atoms with Crippen molar-refractivity contribution in [1.29, 1.82) is 0 Å². The normalized spacial score (nSPS) is 15.1. The molecule has 0 aliphatic heterocycles. The van der Waals surface area contributed by atoms with Gasteiger partial charge in [0.2, 0.25) is 0 Å². The largest absolute Gasteiger partial charge is 0.508 e. The number of rotatable bonds is 5. The molecule has 90 valence electrons. The van der Waals surface area contributed by atoms with Gasteiger partial charge in [-0.25, -0.2) is 0 Å². The minimum absolute atomic E-state index is 0.355. The fourth-order valence-corrected chi connectivity index (χ4v) is 2.30. The number of aromatic hydroxyl groups is 1. The molecule has 0 spiro atoms. The Bertz CT molecular complexity index is 300. The van der Waals surface area contributed by atoms with Crippen LogP contribution in [0.4, 0.5) is 0 Å². The van der Waals surface area contributed by atoms with Crippen LogP contribution in [0, 0.1) is 17.8 Å². The van der Waals surface area contributed by atoms with Crippen LogP contribution in [-0.4, -0.2) is 5.11 Å². The first kappa shape index (κ1) is 13.1. The van der Waals surface area contributed by atoms with Crippen molar-refractivity contribution >= 4 is 0 Å². The quantitative estimate of drug-likeness (QED) is 0.786. The molecule has 0 amide bonds. The highest BCUT2D eigenvalue weighted by atomic mass is 16.3. The molecule has 0 aromatic heterocycles. The van der Waals surface area contributed by atoms with E-state index in [0.29, 0.717) is 11.7 Å². The van der Waals surface area contributed by atoms with E-state index in [4.69, 9.17) is 0 Å². The molecule has 0 radical (unpaired) electrons. The first-order chi connectivity index (χ1) is 7.54. The van der Waals surface area contributed by atoms with Gasteiger partial charge in [0.25, 0.3) is 0 Å². The van der Waals surface area contributed by atoms with E-state index in [9.17, 15) is 5.11 Å². The Morgan fingerprint density at radius 1 is 1.06 bits per heavy atom. The predicted molar refractivity (Wildman–Crippen MR) is 69.6 cm³/mol. The maximum atomic E-state index is 9.26. The highest BCUT2D eigenvalue weighted by Gasteiger charge is 2.19. The third-order valence-corrected chi connectivity index (χ3v) is 3.64. The Morgan fingerprint density at radius 3 is 2.06 bits per heavy atom. The predicted octanol–water partition coefficient (Wildman–Crippen LogP) is 4.25. The third kappa shape index (κ3) is 3.55. The van der Waals surface area contributed by atoms with E-state index in [1.807, 2.05) is 12.1 Å². The molecule has 0 aliphatic rings. The number of benzene rings is 1. The van der Waals surface area contributed by atoms with E-state index in [0.717, 1.165) is 18.3 Å². The summed E-state index contributed by atoms with van der Waals surface area (Å²) in [4.78, 5) is 0. The molecule has 0 bridgehead atoms. The standard InChI is InChI=1S/C15H24O/c1-5-12(4)15(11(2)3)10-13-6-8-14(16)9-7-13/h6-9,11-12,15-16H,5,10H2,1-4H3. The van der Waals surface area contributed by atoms with Gasteiger partial charge in [-0.2, -0.15) is 0 Å². The second kappa shape index (κ2) is 5.93. The van der Waals surface area contributed by atoms with Gasteiger partial charge in [-0.15, -0.1) is 0 Å². The maximum absolute atomic E-state index is 9.26. The molecule has 2 atom stereocenters. The van der Waals surface area contributed by atoms with Crippen LogP contribution in [-0.2, 0) is 6.42 Å². The van der Waals surface area contributed by atoms with Crippen molar-refractivity contribution in [2.75, 3.05) is 0 Å². The van der Waals surface area contributed by atoms with Crippen molar-refractivity contribution in [2.24, 2.45) is 17.8 Å². The fourth-order valence-electron chi connectivity index (χ4n) is 2.30. The first-order valence-corrected chi connectivity index (χ1v) is 6.32. The van der Waals surface area contributed by atoms with Gasteiger partial charge >= 0.3 is 0 Å². The van der Waals surface area contributed by atoms with Crippen LogP contribution in [0.3, 0.4) is 0 Å². The molecule has 0 aliphatic carbocycles. The van der Waals surface area contributed by atoms with Gasteiger partial charge < -0.3 is 5.11 Å². The lowest BCUT2D eigenvalue weighted by molar-refractivity contribution is 0.262. The highest BCUT2D eigenvalue weighted by molar-refractivity contribution is 5.26. The summed E-state index contributed by atoms with van der Waals surface area (Å²) < 4.78 is 0. The van der Waals surface area contributed by atoms with Crippen molar-refractivity contribution in [2.45, 2.75) is 40.5 Å². The van der Waals surface area contributed by atoms with Crippen LogP contribution in [0.1, 0.15) is 39.7 Å². The molecule has 1 aromatic carbocycles. The van der Waals surface area contributed by atoms with E-state index in [1.165, 1.54) is 12.0 Å². The average Bonchev–Trinajstić information content (AvgIpc) is 2.27. The maximum Gasteiger partial charge on any atom is 0.115 e. The molecule has 1 aromatic rings. The minimum atomic E-state index is 0.355. The van der Waals surface area contributed by atoms with Gasteiger partial charge in [0.15, 0.2) is 0 Å². The van der Waals surface area contributed by atoms with Crippen molar-refractivity contribution in [3.05, 3.63) is 29.8 Å². The van der Waals surface area contributed by atoms with E-state index in [1.54, 1.807) is 12.1 Å². The Morgan fingerprint density at radius 2 is 1.62 bits per heavy atom. The van der Waals surface area contributed by atoms with Crippen LogP contribution < -0.4 is 0 Å². The van der Waals surface area contributed by atoms with E-state index in [-0.39, 0.29) is 0 Å². The van der Waals surface area contributed by atoms with Crippen LogP contribution in [0.25, 0.3) is 0 Å². The van der Waals surface area contributed by atoms with Crippen LogP contribution in [0.2, 0.25) is 0 Å². The molecule has 0 saturated carbocycles. The Kier molecular flexibility index (Phi) is 4.85. The number of phenolic OH excluding ortho intramolecular Hbond substituents is 1. The van der Waals surface area contributed by atoms with Gasteiger partial charge in [-0.1, -0.05) is 46.2 Å². The topological polar surface area (TPSA) is 20.2 Å². The van der Waals surface area contributed by atoms with Gasteiger partial charge in [-0.3, -0.25) is 0 Å². The van der Waals surface area contributed by atoms with E-state index < -0.39 is 0 Å². The zero-order valence-corrected chi connectivity index (χ0v) is 10.9. The van der Waals surface area contributed by atoms with Crippen molar-refractivity contribution in [1.82, 2.24) is 0 Å². The Labute approximate surface area is 99.5 Å². The van der Waals surface area contributed by atoms with Crippen molar-refractivity contribution in [3.63, 3.8) is 0 Å². The number of hydrogen-bond donors (Lipinski definition) is 1. The Balaban J connectivity index is 2.71. The monoisotopic (exact) mass is 220 g/mol. The zero-order chi connectivity index (χ0) is 12.1. The molecular formula is C15H24O. The lowest BCUT2D eigenvalue weighted by Crippen LogP contribution is -2.20. The van der Waals surface area contributed by atoms with Crippen LogP contribution >= 0.6 is 0 Å². The molecule has 0 fully saturated rings. The summed E-state index contributed by atoms with van der Waals surface area (Å²) >= 11 is 0. The van der Waals surface area contributed by atoms with E-state index >= 15 is 0 Å². The summed E-state index contributed by atoms with van der Waals surface area (Å²) in [5.74, 6) is 2.56. The summed E-state index contributed by atoms with van der Waals surface area (Å²) in [6, 6.07) is 7.63. The summed E-state index contributed by atoms with van der Waals surface area (Å²) in [7, 11) is 0. The molecule has 0 heterocycles. The second-order valence-corrected chi connectivity index (χ2v) is 5.16. The van der Waals surface area contributed by atoms with Gasteiger partial charge in [0.05, 0.1) is 0 Å². The van der Waals surface area contributed by atoms with Gasteiger partial charge in [-0.05, 0) is 41.9 Å². The molecule has 1 rings (SSSR count). The molecule has 1 N–H and O–H groups in total. The summed E-state index contributed by atoms with van der Waals surface area (Å²) in [5, 5.41) is 9.26. The number of phenols is 1. The lowest BCUT2D eigenvalue weighted by atomic mass is 9.79. The van der Waals surface area contributed by atoms with E-state index in [2.05, 4.69) is 27.7 Å². The first-order valence-electron chi connectivity index (χ1n) is 6.32. The van der Waals surface area contributed by atoms with Gasteiger partial charge in [0, 0.05) is 0 Å². The number of hydrogen-bond acceptors (Lipinski definition) is 1. The second-order valence-electron chi connectivity index (χ2n) is 5.16.